The predicted molar refractivity (Wildman–Crippen MR) is 128 cm³/mol. The number of nitrogens with one attached hydrogen (secondary N) is 1. The molecule has 4 atom stereocenters. The first-order valence-electron chi connectivity index (χ1n) is 12.4. The molecule has 2 fully saturated rings. The van der Waals surface area contributed by atoms with Gasteiger partial charge in [0.2, 0.25) is 11.8 Å². The number of carbonyl (C=O) groups excluding carboxylic acids is 3. The molecule has 3 N–H and O–H groups in total. The van der Waals surface area contributed by atoms with Crippen LogP contribution in [0.3, 0.4) is 0 Å². The summed E-state index contributed by atoms with van der Waals surface area (Å²) in [6, 6.07) is 4.86. The van der Waals surface area contributed by atoms with Crippen LogP contribution in [0.2, 0.25) is 0 Å². The van der Waals surface area contributed by atoms with E-state index in [1.165, 1.54) is 12.1 Å². The molecule has 34 heavy (non-hydrogen) atoms. The first-order chi connectivity index (χ1) is 16.4. The van der Waals surface area contributed by atoms with Gasteiger partial charge < -0.3 is 20.7 Å². The van der Waals surface area contributed by atoms with Gasteiger partial charge in [0.05, 0.1) is 12.5 Å². The fraction of sp³-hybridized carbons (Fsp3) is 0.577. The molecular weight excluding hydrogens is 437 g/mol. The van der Waals surface area contributed by atoms with Gasteiger partial charge in [-0.2, -0.15) is 0 Å². The molecule has 1 saturated heterocycles. The lowest BCUT2D eigenvalue weighted by molar-refractivity contribution is -0.144. The van der Waals surface area contributed by atoms with Crippen LogP contribution >= 0.6 is 0 Å². The molecule has 1 aromatic carbocycles. The van der Waals surface area contributed by atoms with Crippen molar-refractivity contribution >= 4 is 23.5 Å². The Bertz CT molecular complexity index is 873. The Kier molecular flexibility index (Phi) is 9.48. The Labute approximate surface area is 200 Å². The Hall–Kier alpha value is -2.90. The molecule has 8 heteroatoms. The minimum atomic E-state index is -0.559. The second-order valence-electron chi connectivity index (χ2n) is 9.12. The first kappa shape index (κ1) is 25.7. The molecule has 1 aromatic rings. The number of unbranched alkanes of at least 4 members (excludes halogenated alkanes) is 3. The number of esters is 1. The number of rotatable bonds is 13. The fourth-order valence-corrected chi connectivity index (χ4v) is 4.54. The number of nitrogens with two attached hydrogens (primary N) is 1. The Balaban J connectivity index is 1.46. The molecule has 0 aromatic heterocycles. The smallest absolute Gasteiger partial charge is 0.309 e. The van der Waals surface area contributed by atoms with Crippen LogP contribution in [0.5, 0.6) is 0 Å². The van der Waals surface area contributed by atoms with Gasteiger partial charge in [0.15, 0.2) is 0 Å². The molecule has 2 amide bonds. The molecule has 186 valence electrons. The maximum Gasteiger partial charge on any atom is 0.309 e. The molecule has 0 unspecified atom stereocenters. The van der Waals surface area contributed by atoms with Gasteiger partial charge in [-0.15, -0.1) is 0 Å². The van der Waals surface area contributed by atoms with Crippen LogP contribution in [0.1, 0.15) is 58.3 Å². The van der Waals surface area contributed by atoms with Gasteiger partial charge in [0, 0.05) is 12.2 Å². The number of hydrogen-bond acceptors (Lipinski definition) is 5. The van der Waals surface area contributed by atoms with Crippen molar-refractivity contribution in [1.29, 1.82) is 0 Å². The van der Waals surface area contributed by atoms with E-state index in [2.05, 4.69) is 17.5 Å². The van der Waals surface area contributed by atoms with Gasteiger partial charge in [0.1, 0.15) is 17.9 Å². The van der Waals surface area contributed by atoms with Crippen molar-refractivity contribution in [2.75, 3.05) is 18.5 Å². The summed E-state index contributed by atoms with van der Waals surface area (Å²) in [6.45, 7) is 2.76. The zero-order valence-electron chi connectivity index (χ0n) is 19.9. The topological polar surface area (TPSA) is 102 Å². The van der Waals surface area contributed by atoms with Crippen LogP contribution in [-0.4, -0.2) is 47.9 Å². The van der Waals surface area contributed by atoms with E-state index in [1.807, 2.05) is 6.92 Å². The molecule has 0 bridgehead atoms. The zero-order chi connectivity index (χ0) is 24.5. The lowest BCUT2D eigenvalue weighted by Crippen LogP contribution is -2.49. The summed E-state index contributed by atoms with van der Waals surface area (Å²) in [6.07, 6.45) is 10.8. The van der Waals surface area contributed by atoms with E-state index in [1.54, 1.807) is 17.0 Å². The van der Waals surface area contributed by atoms with Crippen molar-refractivity contribution in [3.63, 3.8) is 0 Å². The Morgan fingerprint density at radius 1 is 1.24 bits per heavy atom. The Morgan fingerprint density at radius 3 is 2.71 bits per heavy atom. The number of halogens is 1. The summed E-state index contributed by atoms with van der Waals surface area (Å²) in [5, 5.41) is 3.23. The first-order valence-corrected chi connectivity index (χ1v) is 12.4. The third kappa shape index (κ3) is 7.30. The number of anilines is 1. The number of amides is 2. The lowest BCUT2D eigenvalue weighted by Gasteiger charge is -2.28. The largest absolute Gasteiger partial charge is 0.466 e. The molecule has 3 rings (SSSR count). The summed E-state index contributed by atoms with van der Waals surface area (Å²) >= 11 is 0. The minimum Gasteiger partial charge on any atom is -0.466 e. The average Bonchev–Trinajstić information content (AvgIpc) is 3.42. The fourth-order valence-electron chi connectivity index (χ4n) is 4.54. The van der Waals surface area contributed by atoms with Crippen molar-refractivity contribution in [1.82, 2.24) is 4.90 Å². The van der Waals surface area contributed by atoms with Crippen LogP contribution in [0.25, 0.3) is 0 Å². The maximum absolute atomic E-state index is 13.3. The highest BCUT2D eigenvalue weighted by atomic mass is 19.1. The standard InChI is InChI=1S/C26H36FN3O4/c1-2-34-26(33)21-17-18(21)9-6-4-3-5-7-10-22(29-20-14-12-19(27)13-15-20)25(32)30-16-8-11-23(30)24(28)31/h6,9,12-15,18,21-23,29H,2-5,7-8,10-11,16-17H2,1H3,(H2,28,31)/b9-6-/t18-,21+,22+,23+/m1/s1. The van der Waals surface area contributed by atoms with Gasteiger partial charge in [-0.1, -0.05) is 25.0 Å². The monoisotopic (exact) mass is 473 g/mol. The molecule has 1 saturated carbocycles. The van der Waals surface area contributed by atoms with E-state index in [0.29, 0.717) is 37.6 Å². The van der Waals surface area contributed by atoms with E-state index in [0.717, 1.165) is 38.5 Å². The summed E-state index contributed by atoms with van der Waals surface area (Å²) in [5.41, 5.74) is 6.17. The second-order valence-corrected chi connectivity index (χ2v) is 9.12. The third-order valence-electron chi connectivity index (χ3n) is 6.52. The highest BCUT2D eigenvalue weighted by Gasteiger charge is 2.42. The van der Waals surface area contributed by atoms with Gasteiger partial charge in [-0.25, -0.2) is 4.39 Å². The molecule has 0 spiro atoms. The van der Waals surface area contributed by atoms with E-state index < -0.39 is 18.0 Å². The van der Waals surface area contributed by atoms with Gasteiger partial charge in [-0.05, 0) is 75.6 Å². The quantitative estimate of drug-likeness (QED) is 0.258. The highest BCUT2D eigenvalue weighted by Crippen LogP contribution is 2.40. The van der Waals surface area contributed by atoms with Crippen LogP contribution in [0.4, 0.5) is 10.1 Å². The van der Waals surface area contributed by atoms with Gasteiger partial charge in [0.25, 0.3) is 0 Å². The van der Waals surface area contributed by atoms with Crippen molar-refractivity contribution in [2.24, 2.45) is 17.6 Å². The number of nitrogens with zero attached hydrogens (tertiary/aromatic N) is 1. The van der Waals surface area contributed by atoms with Crippen LogP contribution < -0.4 is 11.1 Å². The summed E-state index contributed by atoms with van der Waals surface area (Å²) in [7, 11) is 0. The van der Waals surface area contributed by atoms with Crippen molar-refractivity contribution in [3.8, 4) is 0 Å². The predicted octanol–water partition coefficient (Wildman–Crippen LogP) is 3.79. The molecule has 2 aliphatic rings. The summed E-state index contributed by atoms with van der Waals surface area (Å²) < 4.78 is 18.3. The van der Waals surface area contributed by atoms with E-state index in [4.69, 9.17) is 10.5 Å². The molecule has 1 aliphatic carbocycles. The van der Waals surface area contributed by atoms with Crippen LogP contribution in [-0.2, 0) is 19.1 Å². The van der Waals surface area contributed by atoms with Crippen LogP contribution in [0, 0.1) is 17.7 Å². The number of ether oxygens (including phenoxy) is 1. The molecule has 7 nitrogen and oxygen atoms in total. The van der Waals surface area contributed by atoms with Crippen molar-refractivity contribution in [3.05, 3.63) is 42.2 Å². The SMILES string of the molecule is CCOC(=O)[C@H]1C[C@H]1/C=C\CCCCC[C@H](Nc1ccc(F)cc1)C(=O)N1CCC[C@H]1C(N)=O. The summed E-state index contributed by atoms with van der Waals surface area (Å²) in [5.74, 6) is -0.717. The number of primary amides is 1. The molecule has 0 radical (unpaired) electrons. The van der Waals surface area contributed by atoms with Gasteiger partial charge in [-0.3, -0.25) is 14.4 Å². The number of allylic oxidation sites excluding steroid dienone is 2. The van der Waals surface area contributed by atoms with Crippen molar-refractivity contribution < 1.29 is 23.5 Å². The second kappa shape index (κ2) is 12.5. The highest BCUT2D eigenvalue weighted by molar-refractivity contribution is 5.91. The van der Waals surface area contributed by atoms with Crippen LogP contribution in [0.15, 0.2) is 36.4 Å². The average molecular weight is 474 g/mol. The number of carbonyl (C=O) groups is 3. The number of hydrogen-bond donors (Lipinski definition) is 2. The van der Waals surface area contributed by atoms with E-state index in [-0.39, 0.29) is 23.6 Å². The van der Waals surface area contributed by atoms with Crippen molar-refractivity contribution in [2.45, 2.75) is 70.4 Å². The normalized spacial score (nSPS) is 22.5. The maximum atomic E-state index is 13.3. The third-order valence-corrected chi connectivity index (χ3v) is 6.52. The Morgan fingerprint density at radius 2 is 2.00 bits per heavy atom. The number of benzene rings is 1. The van der Waals surface area contributed by atoms with E-state index in [9.17, 15) is 18.8 Å². The molecular formula is C26H36FN3O4. The lowest BCUT2D eigenvalue weighted by atomic mass is 10.0. The summed E-state index contributed by atoms with van der Waals surface area (Å²) in [4.78, 5) is 38.3. The van der Waals surface area contributed by atoms with Gasteiger partial charge >= 0.3 is 5.97 Å². The minimum absolute atomic E-state index is 0.0234. The molecule has 1 aliphatic heterocycles. The zero-order valence-corrected chi connectivity index (χ0v) is 19.9. The molecule has 1 heterocycles. The van der Waals surface area contributed by atoms with E-state index >= 15 is 0 Å². The number of likely N-dealkylation sites (tertiary alicyclic amines) is 1.